The molecule has 0 bridgehead atoms. The van der Waals surface area contributed by atoms with Gasteiger partial charge in [0, 0.05) is 0 Å². The molecule has 0 heterocycles. The molecule has 0 aliphatic rings. The molecule has 0 aliphatic carbocycles. The van der Waals surface area contributed by atoms with Gasteiger partial charge >= 0.3 is 0 Å². The summed E-state index contributed by atoms with van der Waals surface area (Å²) in [6.07, 6.45) is 72.9. The molecule has 0 aromatic rings. The average Bonchev–Trinajstić information content (AvgIpc) is 3.33. The summed E-state index contributed by atoms with van der Waals surface area (Å²) >= 11 is 0. The summed E-state index contributed by atoms with van der Waals surface area (Å²) in [6.45, 7) is 4.28. The topological polar surface area (TPSA) is 89.8 Å². The fourth-order valence-corrected chi connectivity index (χ4v) is 10.1. The normalized spacial score (nSPS) is 13.2. The average molecular weight is 947 g/mol. The van der Waals surface area contributed by atoms with E-state index >= 15 is 0 Å². The Balaban J connectivity index is 3.46. The summed E-state index contributed by atoms with van der Waals surface area (Å²) in [5, 5.41) is 33.6. The van der Waals surface area contributed by atoms with Crippen LogP contribution < -0.4 is 5.32 Å². The van der Waals surface area contributed by atoms with Crippen LogP contribution in [-0.2, 0) is 4.79 Å². The van der Waals surface area contributed by atoms with E-state index in [9.17, 15) is 20.1 Å². The Morgan fingerprint density at radius 2 is 0.567 bits per heavy atom. The third-order valence-electron chi connectivity index (χ3n) is 14.9. The number of hydrogen-bond acceptors (Lipinski definition) is 4. The maximum absolute atomic E-state index is 12.6. The molecule has 1 amide bonds. The zero-order valence-electron chi connectivity index (χ0n) is 45.8. The van der Waals surface area contributed by atoms with Gasteiger partial charge in [0.1, 0.15) is 6.10 Å². The number of rotatable bonds is 58. The van der Waals surface area contributed by atoms with Crippen molar-refractivity contribution in [2.45, 2.75) is 372 Å². The third-order valence-corrected chi connectivity index (χ3v) is 14.9. The zero-order valence-corrected chi connectivity index (χ0v) is 45.8. The second-order valence-corrected chi connectivity index (χ2v) is 21.6. The molecular formula is C62H123NO4. The molecule has 5 heteroatoms. The Morgan fingerprint density at radius 3 is 0.821 bits per heavy atom. The molecule has 5 nitrogen and oxygen atoms in total. The van der Waals surface area contributed by atoms with Gasteiger partial charge in [0.15, 0.2) is 0 Å². The minimum Gasteiger partial charge on any atom is -0.394 e. The molecule has 4 N–H and O–H groups in total. The smallest absolute Gasteiger partial charge is 0.249 e. The minimum absolute atomic E-state index is 0.309. The summed E-state index contributed by atoms with van der Waals surface area (Å²) in [5.74, 6) is -0.463. The van der Waals surface area contributed by atoms with Crippen molar-refractivity contribution in [3.63, 3.8) is 0 Å². The first-order chi connectivity index (χ1) is 33.1. The number of aliphatic hydroxyl groups is 3. The van der Waals surface area contributed by atoms with Gasteiger partial charge in [0.25, 0.3) is 0 Å². The first-order valence-electron chi connectivity index (χ1n) is 31.0. The highest BCUT2D eigenvalue weighted by Gasteiger charge is 2.23. The van der Waals surface area contributed by atoms with E-state index in [1.54, 1.807) is 0 Å². The molecule has 0 fully saturated rings. The number of carbonyl (C=O) groups is 1. The Kier molecular flexibility index (Phi) is 56.9. The van der Waals surface area contributed by atoms with Crippen LogP contribution in [0.15, 0.2) is 12.2 Å². The van der Waals surface area contributed by atoms with Crippen LogP contribution in [0.3, 0.4) is 0 Å². The molecule has 3 unspecified atom stereocenters. The number of aliphatic hydroxyl groups excluding tert-OH is 3. The number of unbranched alkanes of at least 4 members (excludes halogenated alkanes) is 48. The lowest BCUT2D eigenvalue weighted by atomic mass is 10.0. The van der Waals surface area contributed by atoms with E-state index in [4.69, 9.17) is 0 Å². The van der Waals surface area contributed by atoms with Gasteiger partial charge in [-0.25, -0.2) is 0 Å². The standard InChI is InChI=1S/C62H123NO4/c1-3-5-7-9-11-13-15-17-19-21-23-24-25-26-27-28-29-30-31-32-33-34-35-36-37-39-41-43-45-47-49-51-53-55-57-61(66)62(67)63-59(58-64)60(65)56-54-52-50-48-46-44-42-40-38-22-20-18-16-14-12-10-8-6-4-2/h28-29,59-61,64-66H,3-27,30-58H2,1-2H3,(H,63,67)/b29-28-. The fourth-order valence-electron chi connectivity index (χ4n) is 10.1. The maximum Gasteiger partial charge on any atom is 0.249 e. The first kappa shape index (κ1) is 66.1. The zero-order chi connectivity index (χ0) is 48.6. The van der Waals surface area contributed by atoms with Crippen molar-refractivity contribution in [3.8, 4) is 0 Å². The second-order valence-electron chi connectivity index (χ2n) is 21.6. The van der Waals surface area contributed by atoms with Gasteiger partial charge in [-0.05, 0) is 38.5 Å². The van der Waals surface area contributed by atoms with Gasteiger partial charge in [-0.3, -0.25) is 4.79 Å². The van der Waals surface area contributed by atoms with Gasteiger partial charge in [0.05, 0.1) is 18.8 Å². The SMILES string of the molecule is CCCCCCCCCCCCCCCC/C=C\CCCCCCCCCCCCCCCCCCC(O)C(=O)NC(CO)C(O)CCCCCCCCCCCCCCCCCCCCC. The Labute approximate surface area is 420 Å². The van der Waals surface area contributed by atoms with Crippen molar-refractivity contribution >= 4 is 5.91 Å². The summed E-state index contributed by atoms with van der Waals surface area (Å²) < 4.78 is 0. The summed E-state index contributed by atoms with van der Waals surface area (Å²) in [7, 11) is 0. The minimum atomic E-state index is -1.07. The van der Waals surface area contributed by atoms with Crippen LogP contribution in [0.1, 0.15) is 354 Å². The second kappa shape index (κ2) is 57.7. The van der Waals surface area contributed by atoms with Crippen LogP contribution in [0, 0.1) is 0 Å². The largest absolute Gasteiger partial charge is 0.394 e. The van der Waals surface area contributed by atoms with Crippen molar-refractivity contribution in [1.82, 2.24) is 5.32 Å². The number of carbonyl (C=O) groups excluding carboxylic acids is 1. The van der Waals surface area contributed by atoms with Gasteiger partial charge < -0.3 is 20.6 Å². The quantitative estimate of drug-likeness (QED) is 0.0361. The van der Waals surface area contributed by atoms with Crippen molar-refractivity contribution < 1.29 is 20.1 Å². The van der Waals surface area contributed by atoms with Crippen LogP contribution in [0.2, 0.25) is 0 Å². The van der Waals surface area contributed by atoms with Crippen molar-refractivity contribution in [3.05, 3.63) is 12.2 Å². The highest BCUT2D eigenvalue weighted by atomic mass is 16.3. The molecule has 0 spiro atoms. The van der Waals surface area contributed by atoms with Gasteiger partial charge in [-0.15, -0.1) is 0 Å². The summed E-state index contributed by atoms with van der Waals surface area (Å²) in [6, 6.07) is -0.709. The van der Waals surface area contributed by atoms with Crippen molar-refractivity contribution in [1.29, 1.82) is 0 Å². The van der Waals surface area contributed by atoms with Crippen LogP contribution >= 0.6 is 0 Å². The maximum atomic E-state index is 12.6. The predicted octanol–water partition coefficient (Wildman–Crippen LogP) is 19.5. The molecule has 400 valence electrons. The van der Waals surface area contributed by atoms with E-state index < -0.39 is 24.2 Å². The first-order valence-corrected chi connectivity index (χ1v) is 31.0. The van der Waals surface area contributed by atoms with Crippen molar-refractivity contribution in [2.24, 2.45) is 0 Å². The van der Waals surface area contributed by atoms with E-state index in [0.717, 1.165) is 32.1 Å². The summed E-state index contributed by atoms with van der Waals surface area (Å²) in [5.41, 5.74) is 0. The Hall–Kier alpha value is -0.910. The monoisotopic (exact) mass is 946 g/mol. The molecule has 0 saturated heterocycles. The molecule has 0 rings (SSSR count). The van der Waals surface area contributed by atoms with E-state index in [1.807, 2.05) is 0 Å². The molecular weight excluding hydrogens is 823 g/mol. The van der Waals surface area contributed by atoms with E-state index in [0.29, 0.717) is 12.8 Å². The lowest BCUT2D eigenvalue weighted by Gasteiger charge is -2.23. The van der Waals surface area contributed by atoms with Crippen LogP contribution in [-0.4, -0.2) is 46.1 Å². The highest BCUT2D eigenvalue weighted by molar-refractivity contribution is 5.80. The van der Waals surface area contributed by atoms with Gasteiger partial charge in [-0.1, -0.05) is 328 Å². The molecule has 0 radical (unpaired) electrons. The van der Waals surface area contributed by atoms with E-state index in [2.05, 4.69) is 31.3 Å². The number of allylic oxidation sites excluding steroid dienone is 2. The molecule has 0 saturated carbocycles. The third kappa shape index (κ3) is 52.7. The fraction of sp³-hybridized carbons (Fsp3) is 0.952. The molecule has 0 aliphatic heterocycles. The predicted molar refractivity (Wildman–Crippen MR) is 296 cm³/mol. The lowest BCUT2D eigenvalue weighted by molar-refractivity contribution is -0.131. The molecule has 67 heavy (non-hydrogen) atoms. The Morgan fingerprint density at radius 1 is 0.343 bits per heavy atom. The summed E-state index contributed by atoms with van der Waals surface area (Å²) in [4.78, 5) is 12.6. The van der Waals surface area contributed by atoms with Crippen LogP contribution in [0.5, 0.6) is 0 Å². The van der Waals surface area contributed by atoms with Gasteiger partial charge in [0.2, 0.25) is 5.91 Å². The highest BCUT2D eigenvalue weighted by Crippen LogP contribution is 2.19. The van der Waals surface area contributed by atoms with Crippen LogP contribution in [0.4, 0.5) is 0 Å². The van der Waals surface area contributed by atoms with Gasteiger partial charge in [-0.2, -0.15) is 0 Å². The molecule has 3 atom stereocenters. The number of nitrogens with one attached hydrogen (secondary N) is 1. The Bertz CT molecular complexity index is 956. The van der Waals surface area contributed by atoms with E-state index in [1.165, 1.54) is 295 Å². The lowest BCUT2D eigenvalue weighted by Crippen LogP contribution is -2.49. The van der Waals surface area contributed by atoms with Crippen LogP contribution in [0.25, 0.3) is 0 Å². The number of amides is 1. The molecule has 0 aromatic heterocycles. The van der Waals surface area contributed by atoms with Crippen molar-refractivity contribution in [2.75, 3.05) is 6.61 Å². The number of hydrogen-bond donors (Lipinski definition) is 4. The van der Waals surface area contributed by atoms with E-state index in [-0.39, 0.29) is 6.61 Å². The molecule has 0 aromatic carbocycles.